The monoisotopic (exact) mass is 418 g/mol. The Labute approximate surface area is 168 Å². The van der Waals surface area contributed by atoms with Gasteiger partial charge in [0.15, 0.2) is 5.13 Å². The second-order valence-corrected chi connectivity index (χ2v) is 7.45. The Hall–Kier alpha value is -3.27. The number of halogens is 2. The number of fused-ring (bicyclic) bond motifs is 1. The molecular formula is C19H16F2N4O3S. The highest BCUT2D eigenvalue weighted by atomic mass is 32.1. The molecule has 0 spiro atoms. The van der Waals surface area contributed by atoms with Crippen LogP contribution in [0.1, 0.15) is 11.5 Å². The van der Waals surface area contributed by atoms with Crippen molar-refractivity contribution in [3.8, 4) is 5.75 Å². The molecule has 10 heteroatoms. The summed E-state index contributed by atoms with van der Waals surface area (Å²) in [7, 11) is 1.30. The Morgan fingerprint density at radius 2 is 2.00 bits per heavy atom. The third-order valence-electron chi connectivity index (χ3n) is 4.64. The van der Waals surface area contributed by atoms with Gasteiger partial charge < -0.3 is 15.4 Å². The van der Waals surface area contributed by atoms with E-state index in [1.54, 1.807) is 0 Å². The van der Waals surface area contributed by atoms with Crippen LogP contribution in [0, 0.1) is 11.6 Å². The van der Waals surface area contributed by atoms with E-state index >= 15 is 0 Å². The van der Waals surface area contributed by atoms with Gasteiger partial charge in [0.25, 0.3) is 0 Å². The largest absolute Gasteiger partial charge is 0.497 e. The lowest BCUT2D eigenvalue weighted by Crippen LogP contribution is -2.45. The van der Waals surface area contributed by atoms with Crippen LogP contribution in [0.2, 0.25) is 0 Å². The van der Waals surface area contributed by atoms with Gasteiger partial charge in [-0.2, -0.15) is 0 Å². The summed E-state index contributed by atoms with van der Waals surface area (Å²) in [5, 5.41) is 7.94. The number of nitrogens with zero attached hydrogens (tertiary/aromatic N) is 1. The number of amides is 3. The molecule has 3 amide bonds. The molecule has 0 aliphatic carbocycles. The van der Waals surface area contributed by atoms with Crippen LogP contribution < -0.4 is 20.7 Å². The molecule has 2 heterocycles. The van der Waals surface area contributed by atoms with E-state index in [9.17, 15) is 18.4 Å². The van der Waals surface area contributed by atoms with E-state index in [4.69, 9.17) is 4.74 Å². The van der Waals surface area contributed by atoms with Gasteiger partial charge in [-0.1, -0.05) is 23.5 Å². The van der Waals surface area contributed by atoms with Crippen molar-refractivity contribution in [1.29, 1.82) is 0 Å². The van der Waals surface area contributed by atoms with Gasteiger partial charge in [0.1, 0.15) is 23.4 Å². The standard InChI is InChI=1S/C19H16F2N4O3S/c1-28-9-6-11(20)15(12(21)7-9)10-8-22-17(26)16(10)24-18(27)25-19-23-13-4-2-3-5-14(13)29-19/h2-7,10,16H,8H2,1H3,(H,22,26)(H2,23,24,25,27)/t10-,16-/m0/s1. The van der Waals surface area contributed by atoms with Crippen LogP contribution in [0.25, 0.3) is 10.2 Å². The zero-order chi connectivity index (χ0) is 20.5. The Balaban J connectivity index is 1.53. The van der Waals surface area contributed by atoms with Gasteiger partial charge in [0, 0.05) is 30.2 Å². The van der Waals surface area contributed by atoms with Crippen molar-refractivity contribution < 1.29 is 23.1 Å². The maximum absolute atomic E-state index is 14.5. The quantitative estimate of drug-likeness (QED) is 0.607. The van der Waals surface area contributed by atoms with Crippen LogP contribution in [-0.2, 0) is 4.79 Å². The van der Waals surface area contributed by atoms with Crippen molar-refractivity contribution in [2.24, 2.45) is 0 Å². The maximum atomic E-state index is 14.5. The second kappa shape index (κ2) is 7.63. The van der Waals surface area contributed by atoms with Gasteiger partial charge >= 0.3 is 6.03 Å². The number of ether oxygens (including phenoxy) is 1. The van der Waals surface area contributed by atoms with Gasteiger partial charge in [-0.15, -0.1) is 0 Å². The fourth-order valence-electron chi connectivity index (χ4n) is 3.29. The highest BCUT2D eigenvalue weighted by Gasteiger charge is 2.40. The Kier molecular flexibility index (Phi) is 5.01. The van der Waals surface area contributed by atoms with Crippen LogP contribution in [-0.4, -0.2) is 36.6 Å². The molecule has 29 heavy (non-hydrogen) atoms. The third-order valence-corrected chi connectivity index (χ3v) is 5.59. The van der Waals surface area contributed by atoms with Crippen LogP contribution in [0.3, 0.4) is 0 Å². The molecule has 3 N–H and O–H groups in total. The van der Waals surface area contributed by atoms with Gasteiger partial charge in [0.2, 0.25) is 5.91 Å². The number of hydrogen-bond donors (Lipinski definition) is 3. The van der Waals surface area contributed by atoms with Gasteiger partial charge in [-0.3, -0.25) is 10.1 Å². The lowest BCUT2D eigenvalue weighted by molar-refractivity contribution is -0.120. The highest BCUT2D eigenvalue weighted by molar-refractivity contribution is 7.22. The lowest BCUT2D eigenvalue weighted by Gasteiger charge is -2.20. The lowest BCUT2D eigenvalue weighted by atomic mass is 9.93. The summed E-state index contributed by atoms with van der Waals surface area (Å²) < 4.78 is 34.7. The van der Waals surface area contributed by atoms with Crippen LogP contribution >= 0.6 is 11.3 Å². The van der Waals surface area contributed by atoms with E-state index in [1.807, 2.05) is 24.3 Å². The summed E-state index contributed by atoms with van der Waals surface area (Å²) in [5.74, 6) is -3.10. The first-order valence-corrected chi connectivity index (χ1v) is 9.51. The minimum atomic E-state index is -1.14. The Morgan fingerprint density at radius 1 is 1.28 bits per heavy atom. The average Bonchev–Trinajstić information content (AvgIpc) is 3.25. The zero-order valence-corrected chi connectivity index (χ0v) is 16.0. The highest BCUT2D eigenvalue weighted by Crippen LogP contribution is 2.31. The minimum absolute atomic E-state index is 0.00884. The number of aromatic nitrogens is 1. The number of anilines is 1. The number of para-hydroxylation sites is 1. The average molecular weight is 418 g/mol. The molecule has 2 atom stereocenters. The molecule has 1 aliphatic heterocycles. The molecular weight excluding hydrogens is 402 g/mol. The maximum Gasteiger partial charge on any atom is 0.321 e. The van der Waals surface area contributed by atoms with E-state index in [-0.39, 0.29) is 17.9 Å². The Bertz CT molecular complexity index is 1050. The molecule has 0 saturated carbocycles. The van der Waals surface area contributed by atoms with E-state index in [0.29, 0.717) is 5.13 Å². The molecule has 150 valence electrons. The molecule has 7 nitrogen and oxygen atoms in total. The number of benzene rings is 2. The number of nitrogens with one attached hydrogen (secondary N) is 3. The molecule has 4 rings (SSSR count). The molecule has 1 aliphatic rings. The van der Waals surface area contributed by atoms with Gasteiger partial charge in [-0.25, -0.2) is 18.6 Å². The first kappa shape index (κ1) is 19.1. The summed E-state index contributed by atoms with van der Waals surface area (Å²) in [6.07, 6.45) is 0. The van der Waals surface area contributed by atoms with E-state index in [2.05, 4.69) is 20.9 Å². The second-order valence-electron chi connectivity index (χ2n) is 6.42. The molecule has 0 unspecified atom stereocenters. The van der Waals surface area contributed by atoms with Crippen LogP contribution in [0.5, 0.6) is 5.75 Å². The van der Waals surface area contributed by atoms with Crippen LogP contribution in [0.15, 0.2) is 36.4 Å². The number of urea groups is 1. The fourth-order valence-corrected chi connectivity index (χ4v) is 4.15. The summed E-state index contributed by atoms with van der Waals surface area (Å²) in [5.41, 5.74) is 0.445. The molecule has 0 bridgehead atoms. The summed E-state index contributed by atoms with van der Waals surface area (Å²) in [6, 6.07) is 7.62. The van der Waals surface area contributed by atoms with Crippen molar-refractivity contribution in [3.05, 3.63) is 53.6 Å². The molecule has 2 aromatic carbocycles. The number of rotatable bonds is 4. The summed E-state index contributed by atoms with van der Waals surface area (Å²) in [4.78, 5) is 28.9. The number of carbonyl (C=O) groups is 2. The van der Waals surface area contributed by atoms with Crippen molar-refractivity contribution in [2.75, 3.05) is 19.0 Å². The molecule has 1 aromatic heterocycles. The van der Waals surface area contributed by atoms with Gasteiger partial charge in [0.05, 0.1) is 17.3 Å². The normalized spacial score (nSPS) is 18.5. The molecule has 0 radical (unpaired) electrons. The van der Waals surface area contributed by atoms with E-state index < -0.39 is 35.5 Å². The predicted octanol–water partition coefficient (Wildman–Crippen LogP) is 2.99. The summed E-state index contributed by atoms with van der Waals surface area (Å²) in [6.45, 7) is -0.00884. The molecule has 1 fully saturated rings. The molecule has 3 aromatic rings. The van der Waals surface area contributed by atoms with E-state index in [0.717, 1.165) is 22.3 Å². The Morgan fingerprint density at radius 3 is 2.69 bits per heavy atom. The first-order chi connectivity index (χ1) is 14.0. The number of methoxy groups -OCH3 is 1. The smallest absolute Gasteiger partial charge is 0.321 e. The minimum Gasteiger partial charge on any atom is -0.497 e. The SMILES string of the molecule is COc1cc(F)c([C@@H]2CNC(=O)[C@H]2NC(=O)Nc2nc3ccccc3s2)c(F)c1. The van der Waals surface area contributed by atoms with Crippen molar-refractivity contribution >= 4 is 38.6 Å². The fraction of sp³-hybridized carbons (Fsp3) is 0.211. The topological polar surface area (TPSA) is 92.4 Å². The predicted molar refractivity (Wildman–Crippen MR) is 104 cm³/mol. The van der Waals surface area contributed by atoms with Crippen molar-refractivity contribution in [2.45, 2.75) is 12.0 Å². The van der Waals surface area contributed by atoms with E-state index in [1.165, 1.54) is 18.4 Å². The van der Waals surface area contributed by atoms with Crippen molar-refractivity contribution in [1.82, 2.24) is 15.6 Å². The zero-order valence-electron chi connectivity index (χ0n) is 15.2. The number of hydrogen-bond acceptors (Lipinski definition) is 5. The summed E-state index contributed by atoms with van der Waals surface area (Å²) >= 11 is 1.27. The van der Waals surface area contributed by atoms with Gasteiger partial charge in [-0.05, 0) is 12.1 Å². The van der Waals surface area contributed by atoms with Crippen LogP contribution in [0.4, 0.5) is 18.7 Å². The number of thiazole rings is 1. The first-order valence-electron chi connectivity index (χ1n) is 8.70. The third kappa shape index (κ3) is 3.70. The molecule has 1 saturated heterocycles. The van der Waals surface area contributed by atoms with Crippen molar-refractivity contribution in [3.63, 3.8) is 0 Å². The number of carbonyl (C=O) groups excluding carboxylic acids is 2.